The molecule has 0 saturated carbocycles. The van der Waals surface area contributed by atoms with E-state index in [1.807, 2.05) is 0 Å². The number of rotatable bonds is 1. The summed E-state index contributed by atoms with van der Waals surface area (Å²) < 4.78 is 35.1. The van der Waals surface area contributed by atoms with Gasteiger partial charge in [-0.1, -0.05) is 12.2 Å². The highest BCUT2D eigenvalue weighted by Gasteiger charge is 2.39. The molecule has 3 nitrogen and oxygen atoms in total. The Morgan fingerprint density at radius 2 is 2.08 bits per heavy atom. The van der Waals surface area contributed by atoms with E-state index in [1.165, 1.54) is 12.2 Å². The summed E-state index contributed by atoms with van der Waals surface area (Å²) in [4.78, 5) is 10.4. The fourth-order valence-corrected chi connectivity index (χ4v) is 1.04. The molecule has 0 spiro atoms. The number of nitrogens with one attached hydrogen (secondary N) is 1. The zero-order valence-electron chi connectivity index (χ0n) is 6.51. The summed E-state index contributed by atoms with van der Waals surface area (Å²) in [6.45, 7) is 0. The molecule has 0 heterocycles. The minimum Gasteiger partial charge on any atom is -0.389 e. The van der Waals surface area contributed by atoms with Crippen LogP contribution in [0.3, 0.4) is 0 Å². The highest BCUT2D eigenvalue weighted by molar-refractivity contribution is 5.82. The number of alkyl halides is 3. The predicted molar refractivity (Wildman–Crippen MR) is 37.7 cm³/mol. The molecule has 0 radical (unpaired) electrons. The number of amides is 1. The monoisotopic (exact) mass is 195 g/mol. The minimum absolute atomic E-state index is 0.0990. The van der Waals surface area contributed by atoms with Gasteiger partial charge < -0.3 is 10.4 Å². The van der Waals surface area contributed by atoms with Crippen LogP contribution in [0.15, 0.2) is 12.2 Å². The predicted octanol–water partition coefficient (Wildman–Crippen LogP) is 0.354. The molecule has 13 heavy (non-hydrogen) atoms. The molecule has 1 aliphatic rings. The standard InChI is InChI=1S/C7H8F3NO2/c8-7(9,10)6(13)11-4-1-2-5(12)3-4/h1-2,4-5,12H,3H2,(H,11,13)/t4-,5+/m0/s1. The van der Waals surface area contributed by atoms with Crippen LogP contribution in [0.5, 0.6) is 0 Å². The van der Waals surface area contributed by atoms with Crippen molar-refractivity contribution in [1.82, 2.24) is 5.32 Å². The average molecular weight is 195 g/mol. The van der Waals surface area contributed by atoms with E-state index >= 15 is 0 Å². The minimum atomic E-state index is -4.86. The molecule has 0 bridgehead atoms. The smallest absolute Gasteiger partial charge is 0.389 e. The molecule has 0 fully saturated rings. The first-order valence-electron chi connectivity index (χ1n) is 3.63. The quantitative estimate of drug-likeness (QED) is 0.593. The summed E-state index contributed by atoms with van der Waals surface area (Å²) >= 11 is 0. The van der Waals surface area contributed by atoms with E-state index in [4.69, 9.17) is 5.11 Å². The van der Waals surface area contributed by atoms with Gasteiger partial charge in [-0.05, 0) is 0 Å². The lowest BCUT2D eigenvalue weighted by Gasteiger charge is -2.12. The lowest BCUT2D eigenvalue weighted by molar-refractivity contribution is -0.174. The van der Waals surface area contributed by atoms with Gasteiger partial charge in [-0.15, -0.1) is 0 Å². The van der Waals surface area contributed by atoms with Crippen LogP contribution in [0.4, 0.5) is 13.2 Å². The maximum absolute atomic E-state index is 11.7. The van der Waals surface area contributed by atoms with Gasteiger partial charge in [0.1, 0.15) is 0 Å². The van der Waals surface area contributed by atoms with Crippen LogP contribution in [-0.4, -0.2) is 29.3 Å². The van der Waals surface area contributed by atoms with Crippen LogP contribution in [0.2, 0.25) is 0 Å². The summed E-state index contributed by atoms with van der Waals surface area (Å²) in [7, 11) is 0. The van der Waals surface area contributed by atoms with Gasteiger partial charge in [0.15, 0.2) is 0 Å². The van der Waals surface area contributed by atoms with Gasteiger partial charge in [0, 0.05) is 6.42 Å². The Morgan fingerprint density at radius 1 is 1.46 bits per heavy atom. The molecule has 0 aromatic heterocycles. The molecule has 74 valence electrons. The summed E-state index contributed by atoms with van der Waals surface area (Å²) in [5.41, 5.74) is 0. The van der Waals surface area contributed by atoms with E-state index < -0.39 is 24.2 Å². The third-order valence-corrected chi connectivity index (χ3v) is 1.63. The summed E-state index contributed by atoms with van der Waals surface area (Å²) in [5.74, 6) is -1.98. The van der Waals surface area contributed by atoms with Gasteiger partial charge >= 0.3 is 12.1 Å². The molecule has 1 aliphatic carbocycles. The third kappa shape index (κ3) is 2.73. The zero-order chi connectivity index (χ0) is 10.1. The molecule has 0 aliphatic heterocycles. The Bertz CT molecular complexity index is 236. The van der Waals surface area contributed by atoms with Crippen molar-refractivity contribution in [3.63, 3.8) is 0 Å². The lowest BCUT2D eigenvalue weighted by atomic mass is 10.2. The highest BCUT2D eigenvalue weighted by Crippen LogP contribution is 2.17. The fourth-order valence-electron chi connectivity index (χ4n) is 1.04. The summed E-state index contributed by atoms with van der Waals surface area (Å²) in [5, 5.41) is 10.6. The first kappa shape index (κ1) is 10.0. The van der Waals surface area contributed by atoms with Crippen molar-refractivity contribution < 1.29 is 23.1 Å². The van der Waals surface area contributed by atoms with E-state index in [2.05, 4.69) is 0 Å². The van der Waals surface area contributed by atoms with E-state index in [0.29, 0.717) is 0 Å². The van der Waals surface area contributed by atoms with Crippen LogP contribution in [-0.2, 0) is 4.79 Å². The second-order valence-corrected chi connectivity index (χ2v) is 2.77. The Morgan fingerprint density at radius 3 is 2.46 bits per heavy atom. The van der Waals surface area contributed by atoms with Crippen molar-refractivity contribution in [2.75, 3.05) is 0 Å². The maximum Gasteiger partial charge on any atom is 0.471 e. The second kappa shape index (κ2) is 3.37. The average Bonchev–Trinajstić information content (AvgIpc) is 2.33. The number of carbonyl (C=O) groups is 1. The van der Waals surface area contributed by atoms with Crippen molar-refractivity contribution in [3.05, 3.63) is 12.2 Å². The lowest BCUT2D eigenvalue weighted by Crippen LogP contribution is -2.42. The third-order valence-electron chi connectivity index (χ3n) is 1.63. The van der Waals surface area contributed by atoms with Gasteiger partial charge in [-0.25, -0.2) is 0 Å². The molecule has 2 N–H and O–H groups in total. The number of aliphatic hydroxyl groups is 1. The summed E-state index contributed by atoms with van der Waals surface area (Å²) in [6, 6.07) is -0.718. The molecule has 0 saturated heterocycles. The summed E-state index contributed by atoms with van der Waals surface area (Å²) in [6.07, 6.45) is -2.84. The van der Waals surface area contributed by atoms with Crippen LogP contribution in [0.25, 0.3) is 0 Å². The number of halogens is 3. The van der Waals surface area contributed by atoms with Crippen LogP contribution in [0.1, 0.15) is 6.42 Å². The Kier molecular flexibility index (Phi) is 2.60. The first-order chi connectivity index (χ1) is 5.89. The first-order valence-corrected chi connectivity index (χ1v) is 3.63. The molecule has 1 rings (SSSR count). The van der Waals surface area contributed by atoms with E-state index in [9.17, 15) is 18.0 Å². The molecule has 0 aromatic rings. The van der Waals surface area contributed by atoms with E-state index in [0.717, 1.165) is 0 Å². The molecule has 6 heteroatoms. The fraction of sp³-hybridized carbons (Fsp3) is 0.571. The largest absolute Gasteiger partial charge is 0.471 e. The van der Waals surface area contributed by atoms with Crippen LogP contribution < -0.4 is 5.32 Å². The number of hydrogen-bond donors (Lipinski definition) is 2. The van der Waals surface area contributed by atoms with Crippen LogP contribution >= 0.6 is 0 Å². The van der Waals surface area contributed by atoms with Gasteiger partial charge in [0.05, 0.1) is 12.1 Å². The molecule has 1 amide bonds. The molecule has 0 aromatic carbocycles. The van der Waals surface area contributed by atoms with Gasteiger partial charge in [0.2, 0.25) is 0 Å². The normalized spacial score (nSPS) is 27.7. The SMILES string of the molecule is O=C(N[C@H]1C=C[C@@H](O)C1)C(F)(F)F. The van der Waals surface area contributed by atoms with Crippen molar-refractivity contribution >= 4 is 5.91 Å². The van der Waals surface area contributed by atoms with E-state index in [1.54, 1.807) is 5.32 Å². The van der Waals surface area contributed by atoms with Crippen molar-refractivity contribution in [1.29, 1.82) is 0 Å². The van der Waals surface area contributed by atoms with Crippen molar-refractivity contribution in [3.8, 4) is 0 Å². The van der Waals surface area contributed by atoms with Gasteiger partial charge in [0.25, 0.3) is 0 Å². The van der Waals surface area contributed by atoms with E-state index in [-0.39, 0.29) is 6.42 Å². The number of aliphatic hydroxyl groups excluding tert-OH is 1. The van der Waals surface area contributed by atoms with Crippen LogP contribution in [0, 0.1) is 0 Å². The van der Waals surface area contributed by atoms with Gasteiger partial charge in [-0.2, -0.15) is 13.2 Å². The van der Waals surface area contributed by atoms with Gasteiger partial charge in [-0.3, -0.25) is 4.79 Å². The molecule has 0 unspecified atom stereocenters. The molecular formula is C7H8F3NO2. The number of hydrogen-bond acceptors (Lipinski definition) is 2. The maximum atomic E-state index is 11.7. The Balaban J connectivity index is 2.43. The number of carbonyl (C=O) groups excluding carboxylic acids is 1. The highest BCUT2D eigenvalue weighted by atomic mass is 19.4. The zero-order valence-corrected chi connectivity index (χ0v) is 6.51. The topological polar surface area (TPSA) is 49.3 Å². The van der Waals surface area contributed by atoms with Crippen molar-refractivity contribution in [2.24, 2.45) is 0 Å². The molecule has 2 atom stereocenters. The molecular weight excluding hydrogens is 187 g/mol. The Hall–Kier alpha value is -1.04. The van der Waals surface area contributed by atoms with Crippen molar-refractivity contribution in [2.45, 2.75) is 24.7 Å². The Labute approximate surface area is 72.2 Å². The second-order valence-electron chi connectivity index (χ2n) is 2.77.